The maximum Gasteiger partial charge on any atom is 0.416 e. The summed E-state index contributed by atoms with van der Waals surface area (Å²) in [5, 5.41) is 12.0. The van der Waals surface area contributed by atoms with Gasteiger partial charge in [0.2, 0.25) is 0 Å². The lowest BCUT2D eigenvalue weighted by molar-refractivity contribution is -0.137. The Labute approximate surface area is 128 Å². The molecule has 0 atom stereocenters. The van der Waals surface area contributed by atoms with Crippen LogP contribution in [0.2, 0.25) is 0 Å². The molecule has 6 heteroatoms. The van der Waals surface area contributed by atoms with Crippen molar-refractivity contribution in [2.45, 2.75) is 13.1 Å². The van der Waals surface area contributed by atoms with E-state index in [0.717, 1.165) is 17.7 Å². The van der Waals surface area contributed by atoms with Gasteiger partial charge in [0.1, 0.15) is 6.07 Å². The van der Waals surface area contributed by atoms with Crippen molar-refractivity contribution >= 4 is 27.3 Å². The zero-order valence-electron chi connectivity index (χ0n) is 10.9. The van der Waals surface area contributed by atoms with Crippen molar-refractivity contribution in [3.05, 3.63) is 57.6 Å². The number of aryl methyl sites for hydroxylation is 1. The zero-order chi connectivity index (χ0) is 15.6. The molecule has 0 spiro atoms. The molecule has 0 saturated heterocycles. The van der Waals surface area contributed by atoms with Crippen molar-refractivity contribution in [2.24, 2.45) is 0 Å². The van der Waals surface area contributed by atoms with E-state index in [-0.39, 0.29) is 5.69 Å². The number of halogens is 4. The van der Waals surface area contributed by atoms with E-state index in [1.807, 2.05) is 13.0 Å². The Bertz CT molecular complexity index is 718. The molecule has 108 valence electrons. The Hall–Kier alpha value is -2.00. The highest BCUT2D eigenvalue weighted by Gasteiger charge is 2.30. The minimum atomic E-state index is -4.41. The van der Waals surface area contributed by atoms with E-state index in [9.17, 15) is 13.2 Å². The molecular formula is C15H10BrF3N2. The number of nitrogens with zero attached hydrogens (tertiary/aromatic N) is 1. The summed E-state index contributed by atoms with van der Waals surface area (Å²) in [4.78, 5) is 0. The van der Waals surface area contributed by atoms with Crippen LogP contribution in [0.25, 0.3) is 0 Å². The number of alkyl halides is 3. The summed E-state index contributed by atoms with van der Waals surface area (Å²) in [6.07, 6.45) is -4.41. The topological polar surface area (TPSA) is 35.8 Å². The Morgan fingerprint density at radius 1 is 1.10 bits per heavy atom. The van der Waals surface area contributed by atoms with Gasteiger partial charge in [-0.25, -0.2) is 0 Å². The van der Waals surface area contributed by atoms with Gasteiger partial charge in [0.15, 0.2) is 0 Å². The molecule has 0 aliphatic rings. The van der Waals surface area contributed by atoms with Crippen LogP contribution in [0, 0.1) is 18.3 Å². The largest absolute Gasteiger partial charge is 0.416 e. The van der Waals surface area contributed by atoms with Crippen LogP contribution in [-0.4, -0.2) is 0 Å². The van der Waals surface area contributed by atoms with Gasteiger partial charge in [-0.05, 0) is 58.7 Å². The molecule has 0 amide bonds. The fraction of sp³-hybridized carbons (Fsp3) is 0.133. The quantitative estimate of drug-likeness (QED) is 0.784. The second kappa shape index (κ2) is 5.78. The summed E-state index contributed by atoms with van der Waals surface area (Å²) in [6, 6.07) is 10.5. The molecule has 2 aromatic rings. The van der Waals surface area contributed by atoms with E-state index in [1.54, 1.807) is 18.2 Å². The summed E-state index contributed by atoms with van der Waals surface area (Å²) in [5.74, 6) is 0. The molecule has 21 heavy (non-hydrogen) atoms. The average Bonchev–Trinajstić information content (AvgIpc) is 2.41. The van der Waals surface area contributed by atoms with Crippen LogP contribution in [0.5, 0.6) is 0 Å². The van der Waals surface area contributed by atoms with Gasteiger partial charge in [-0.3, -0.25) is 0 Å². The van der Waals surface area contributed by atoms with Crippen molar-refractivity contribution in [1.82, 2.24) is 0 Å². The van der Waals surface area contributed by atoms with Crippen LogP contribution in [0.4, 0.5) is 24.5 Å². The molecule has 0 radical (unpaired) electrons. The van der Waals surface area contributed by atoms with Gasteiger partial charge in [0, 0.05) is 4.47 Å². The van der Waals surface area contributed by atoms with E-state index in [4.69, 9.17) is 5.26 Å². The normalized spacial score (nSPS) is 11.0. The molecule has 1 N–H and O–H groups in total. The molecule has 0 aliphatic heterocycles. The lowest BCUT2D eigenvalue weighted by Crippen LogP contribution is -2.06. The Kier molecular flexibility index (Phi) is 4.24. The van der Waals surface area contributed by atoms with Crippen molar-refractivity contribution in [1.29, 1.82) is 5.26 Å². The van der Waals surface area contributed by atoms with Crippen LogP contribution < -0.4 is 5.32 Å². The molecule has 0 saturated carbocycles. The highest BCUT2D eigenvalue weighted by molar-refractivity contribution is 9.10. The highest BCUT2D eigenvalue weighted by Crippen LogP contribution is 2.35. The SMILES string of the molecule is Cc1ccc(Nc2cc(C(F)(F)F)ccc2Br)c(C#N)c1. The fourth-order valence-corrected chi connectivity index (χ4v) is 2.15. The van der Waals surface area contributed by atoms with Crippen molar-refractivity contribution in [3.8, 4) is 6.07 Å². The predicted octanol–water partition coefficient (Wildman–Crippen LogP) is 5.39. The summed E-state index contributed by atoms with van der Waals surface area (Å²) < 4.78 is 38.7. The third-order valence-corrected chi connectivity index (χ3v) is 3.55. The van der Waals surface area contributed by atoms with E-state index < -0.39 is 11.7 Å². The second-order valence-corrected chi connectivity index (χ2v) is 5.33. The van der Waals surface area contributed by atoms with Gasteiger partial charge in [0.25, 0.3) is 0 Å². The van der Waals surface area contributed by atoms with Crippen LogP contribution in [-0.2, 0) is 6.18 Å². The molecule has 0 fully saturated rings. The van der Waals surface area contributed by atoms with Gasteiger partial charge < -0.3 is 5.32 Å². The van der Waals surface area contributed by atoms with Crippen LogP contribution >= 0.6 is 15.9 Å². The first-order valence-electron chi connectivity index (χ1n) is 5.96. The number of hydrogen-bond donors (Lipinski definition) is 1. The van der Waals surface area contributed by atoms with Gasteiger partial charge >= 0.3 is 6.18 Å². The molecular weight excluding hydrogens is 345 g/mol. The highest BCUT2D eigenvalue weighted by atomic mass is 79.9. The number of benzene rings is 2. The Morgan fingerprint density at radius 2 is 1.81 bits per heavy atom. The average molecular weight is 355 g/mol. The molecule has 0 unspecified atom stereocenters. The number of nitriles is 1. The van der Waals surface area contributed by atoms with E-state index in [1.165, 1.54) is 6.07 Å². The lowest BCUT2D eigenvalue weighted by Gasteiger charge is -2.13. The first-order chi connectivity index (χ1) is 9.81. The molecule has 0 aromatic heterocycles. The Morgan fingerprint density at radius 3 is 2.43 bits per heavy atom. The van der Waals surface area contributed by atoms with Gasteiger partial charge in [-0.1, -0.05) is 6.07 Å². The number of nitrogens with one attached hydrogen (secondary N) is 1. The van der Waals surface area contributed by atoms with Crippen molar-refractivity contribution in [2.75, 3.05) is 5.32 Å². The van der Waals surface area contributed by atoms with Crippen LogP contribution in [0.1, 0.15) is 16.7 Å². The zero-order valence-corrected chi connectivity index (χ0v) is 12.5. The summed E-state index contributed by atoms with van der Waals surface area (Å²) >= 11 is 3.20. The van der Waals surface area contributed by atoms with Gasteiger partial charge in [0.05, 0.1) is 22.5 Å². The smallest absolute Gasteiger partial charge is 0.354 e. The van der Waals surface area contributed by atoms with Gasteiger partial charge in [-0.15, -0.1) is 0 Å². The molecule has 2 aromatic carbocycles. The molecule has 2 nitrogen and oxygen atoms in total. The minimum Gasteiger partial charge on any atom is -0.354 e. The van der Waals surface area contributed by atoms with E-state index in [0.29, 0.717) is 15.7 Å². The first kappa shape index (κ1) is 15.4. The number of anilines is 2. The number of rotatable bonds is 2. The lowest BCUT2D eigenvalue weighted by atomic mass is 10.1. The first-order valence-corrected chi connectivity index (χ1v) is 6.75. The van der Waals surface area contributed by atoms with Crippen molar-refractivity contribution < 1.29 is 13.2 Å². The monoisotopic (exact) mass is 354 g/mol. The maximum absolute atomic E-state index is 12.7. The molecule has 0 heterocycles. The fourth-order valence-electron chi connectivity index (χ4n) is 1.80. The third kappa shape index (κ3) is 3.56. The van der Waals surface area contributed by atoms with Crippen LogP contribution in [0.3, 0.4) is 0 Å². The van der Waals surface area contributed by atoms with Gasteiger partial charge in [-0.2, -0.15) is 18.4 Å². The minimum absolute atomic E-state index is 0.255. The van der Waals surface area contributed by atoms with E-state index in [2.05, 4.69) is 21.2 Å². The number of hydrogen-bond acceptors (Lipinski definition) is 2. The molecule has 0 aliphatic carbocycles. The summed E-state index contributed by atoms with van der Waals surface area (Å²) in [6.45, 7) is 1.84. The third-order valence-electron chi connectivity index (χ3n) is 2.86. The molecule has 2 rings (SSSR count). The predicted molar refractivity (Wildman–Crippen MR) is 78.3 cm³/mol. The van der Waals surface area contributed by atoms with Crippen LogP contribution in [0.15, 0.2) is 40.9 Å². The second-order valence-electron chi connectivity index (χ2n) is 4.48. The Balaban J connectivity index is 2.43. The standard InChI is InChI=1S/C15H10BrF3N2/c1-9-2-5-13(10(6-9)8-20)21-14-7-11(15(17,18)19)3-4-12(14)16/h2-7,21H,1H3. The summed E-state index contributed by atoms with van der Waals surface area (Å²) in [5.41, 5.74) is 1.24. The summed E-state index contributed by atoms with van der Waals surface area (Å²) in [7, 11) is 0. The maximum atomic E-state index is 12.7. The molecule has 0 bridgehead atoms. The van der Waals surface area contributed by atoms with Crippen molar-refractivity contribution in [3.63, 3.8) is 0 Å². The van der Waals surface area contributed by atoms with E-state index >= 15 is 0 Å².